The fourth-order valence-corrected chi connectivity index (χ4v) is 1.28. The molecule has 0 saturated carbocycles. The maximum absolute atomic E-state index is 5.57. The van der Waals surface area contributed by atoms with Gasteiger partial charge in [-0.2, -0.15) is 9.67 Å². The standard InChI is InChI=1S/C5H10N6S2/c1-7-9-5(12)11-3(6)8-4(10-11)13-2/h7H,1-2H3,(H,9,12)(H2,6,8,10). The van der Waals surface area contributed by atoms with Crippen molar-refractivity contribution in [2.75, 3.05) is 19.0 Å². The monoisotopic (exact) mass is 218 g/mol. The highest BCUT2D eigenvalue weighted by atomic mass is 32.2. The Hall–Kier alpha value is -0.860. The number of thiocarbonyl (C=S) groups is 1. The second kappa shape index (κ2) is 4.40. The number of nitrogens with two attached hydrogens (primary N) is 1. The van der Waals surface area contributed by atoms with Crippen LogP contribution >= 0.6 is 24.0 Å². The zero-order valence-electron chi connectivity index (χ0n) is 7.24. The van der Waals surface area contributed by atoms with Gasteiger partial charge in [-0.05, 0) is 18.5 Å². The Labute approximate surface area is 85.2 Å². The number of hydrogen-bond acceptors (Lipinski definition) is 6. The molecule has 0 fully saturated rings. The van der Waals surface area contributed by atoms with Gasteiger partial charge in [0.05, 0.1) is 0 Å². The predicted octanol–water partition coefficient (Wildman–Crippen LogP) is -0.561. The Morgan fingerprint density at radius 1 is 1.69 bits per heavy atom. The van der Waals surface area contributed by atoms with Gasteiger partial charge >= 0.3 is 0 Å². The fraction of sp³-hybridized carbons (Fsp3) is 0.400. The third-order valence-corrected chi connectivity index (χ3v) is 2.03. The molecule has 1 heterocycles. The SMILES string of the molecule is CNNC(=S)n1nc(SC)nc1N. The molecule has 4 N–H and O–H groups in total. The molecule has 1 aromatic rings. The number of nitrogens with zero attached hydrogens (tertiary/aromatic N) is 3. The minimum atomic E-state index is 0.275. The lowest BCUT2D eigenvalue weighted by atomic mass is 10.9. The van der Waals surface area contributed by atoms with Crippen molar-refractivity contribution in [2.24, 2.45) is 0 Å². The van der Waals surface area contributed by atoms with Crippen LogP contribution in [-0.4, -0.2) is 33.2 Å². The Bertz CT molecular complexity index is 308. The van der Waals surface area contributed by atoms with Crippen molar-refractivity contribution in [3.63, 3.8) is 0 Å². The summed E-state index contributed by atoms with van der Waals surface area (Å²) in [7, 11) is 1.70. The first-order valence-corrected chi connectivity index (χ1v) is 5.06. The first-order valence-electron chi connectivity index (χ1n) is 3.42. The van der Waals surface area contributed by atoms with Gasteiger partial charge in [-0.3, -0.25) is 5.43 Å². The Morgan fingerprint density at radius 2 is 2.38 bits per heavy atom. The smallest absolute Gasteiger partial charge is 0.226 e. The minimum absolute atomic E-state index is 0.275. The lowest BCUT2D eigenvalue weighted by molar-refractivity contribution is 0.733. The van der Waals surface area contributed by atoms with E-state index in [1.807, 2.05) is 6.26 Å². The van der Waals surface area contributed by atoms with Gasteiger partial charge in [-0.25, -0.2) is 5.43 Å². The molecule has 6 nitrogen and oxygen atoms in total. The lowest BCUT2D eigenvalue weighted by Crippen LogP contribution is -2.38. The molecule has 0 aromatic carbocycles. The van der Waals surface area contributed by atoms with E-state index < -0.39 is 0 Å². The maximum Gasteiger partial charge on any atom is 0.226 e. The first-order chi connectivity index (χ1) is 6.19. The topological polar surface area (TPSA) is 80.8 Å². The summed E-state index contributed by atoms with van der Waals surface area (Å²) in [5, 5.41) is 5.01. The van der Waals surface area contributed by atoms with Crippen molar-refractivity contribution in [1.82, 2.24) is 25.6 Å². The van der Waals surface area contributed by atoms with Crippen LogP contribution < -0.4 is 16.6 Å². The van der Waals surface area contributed by atoms with Crippen LogP contribution in [0.5, 0.6) is 0 Å². The van der Waals surface area contributed by atoms with Crippen LogP contribution in [0.1, 0.15) is 0 Å². The molecular formula is C5H10N6S2. The van der Waals surface area contributed by atoms with E-state index in [1.54, 1.807) is 7.05 Å². The average Bonchev–Trinajstić information content (AvgIpc) is 2.47. The highest BCUT2D eigenvalue weighted by molar-refractivity contribution is 7.98. The molecule has 0 bridgehead atoms. The van der Waals surface area contributed by atoms with Crippen LogP contribution in [0.3, 0.4) is 0 Å². The van der Waals surface area contributed by atoms with E-state index in [4.69, 9.17) is 18.0 Å². The summed E-state index contributed by atoms with van der Waals surface area (Å²) in [5.41, 5.74) is 10.9. The summed E-state index contributed by atoms with van der Waals surface area (Å²) in [6, 6.07) is 0. The van der Waals surface area contributed by atoms with Gasteiger partial charge in [0.25, 0.3) is 0 Å². The van der Waals surface area contributed by atoms with Gasteiger partial charge in [0.1, 0.15) is 0 Å². The normalized spacial score (nSPS) is 10.0. The fourth-order valence-electron chi connectivity index (χ4n) is 0.700. The number of anilines is 1. The van der Waals surface area contributed by atoms with Crippen molar-refractivity contribution in [3.05, 3.63) is 0 Å². The largest absolute Gasteiger partial charge is 0.368 e. The van der Waals surface area contributed by atoms with Crippen molar-refractivity contribution in [1.29, 1.82) is 0 Å². The van der Waals surface area contributed by atoms with E-state index in [-0.39, 0.29) is 5.95 Å². The summed E-state index contributed by atoms with van der Waals surface area (Å²) in [4.78, 5) is 3.97. The molecule has 0 aliphatic rings. The minimum Gasteiger partial charge on any atom is -0.368 e. The summed E-state index contributed by atoms with van der Waals surface area (Å²) in [6.45, 7) is 0. The summed E-state index contributed by atoms with van der Waals surface area (Å²) in [5.74, 6) is 0.275. The van der Waals surface area contributed by atoms with Crippen molar-refractivity contribution < 1.29 is 0 Å². The molecule has 1 aromatic heterocycles. The van der Waals surface area contributed by atoms with Crippen LogP contribution in [0.25, 0.3) is 0 Å². The van der Waals surface area contributed by atoms with Crippen LogP contribution in [0.15, 0.2) is 5.16 Å². The third kappa shape index (κ3) is 2.29. The summed E-state index contributed by atoms with van der Waals surface area (Å²) in [6.07, 6.45) is 1.87. The predicted molar refractivity (Wildman–Crippen MR) is 56.4 cm³/mol. The van der Waals surface area contributed by atoms with Gasteiger partial charge < -0.3 is 5.73 Å². The molecule has 0 unspecified atom stereocenters. The molecule has 8 heteroatoms. The molecule has 0 amide bonds. The molecule has 0 atom stereocenters. The molecule has 0 aliphatic carbocycles. The molecule has 0 spiro atoms. The van der Waals surface area contributed by atoms with Crippen LogP contribution in [0.2, 0.25) is 0 Å². The average molecular weight is 218 g/mol. The van der Waals surface area contributed by atoms with Gasteiger partial charge in [0.2, 0.25) is 16.2 Å². The lowest BCUT2D eigenvalue weighted by Gasteiger charge is -2.04. The van der Waals surface area contributed by atoms with Crippen molar-refractivity contribution >= 4 is 35.0 Å². The van der Waals surface area contributed by atoms with E-state index in [1.165, 1.54) is 16.4 Å². The van der Waals surface area contributed by atoms with E-state index >= 15 is 0 Å². The molecule has 0 radical (unpaired) electrons. The highest BCUT2D eigenvalue weighted by Gasteiger charge is 2.08. The number of aromatic nitrogens is 3. The number of nitrogens with one attached hydrogen (secondary N) is 2. The van der Waals surface area contributed by atoms with Gasteiger partial charge in [0, 0.05) is 7.05 Å². The van der Waals surface area contributed by atoms with E-state index in [0.717, 1.165) is 0 Å². The van der Waals surface area contributed by atoms with E-state index in [0.29, 0.717) is 10.3 Å². The number of hydrogen-bond donors (Lipinski definition) is 3. The number of nitrogen functional groups attached to an aromatic ring is 1. The second-order valence-corrected chi connectivity index (χ2v) is 3.21. The van der Waals surface area contributed by atoms with Gasteiger partial charge in [-0.1, -0.05) is 11.8 Å². The van der Waals surface area contributed by atoms with Gasteiger partial charge in [0.15, 0.2) is 0 Å². The molecule has 0 saturated heterocycles. The highest BCUT2D eigenvalue weighted by Crippen LogP contribution is 2.10. The van der Waals surface area contributed by atoms with Crippen molar-refractivity contribution in [3.8, 4) is 0 Å². The quantitative estimate of drug-likeness (QED) is 0.349. The van der Waals surface area contributed by atoms with Crippen LogP contribution in [0, 0.1) is 0 Å². The number of thioether (sulfide) groups is 1. The number of rotatable bonds is 2. The van der Waals surface area contributed by atoms with Crippen LogP contribution in [-0.2, 0) is 0 Å². The second-order valence-electron chi connectivity index (χ2n) is 2.05. The Morgan fingerprint density at radius 3 is 2.85 bits per heavy atom. The zero-order chi connectivity index (χ0) is 9.84. The molecule has 0 aliphatic heterocycles. The maximum atomic E-state index is 5.57. The zero-order valence-corrected chi connectivity index (χ0v) is 8.87. The summed E-state index contributed by atoms with van der Waals surface area (Å²) >= 11 is 6.37. The first kappa shape index (κ1) is 10.2. The van der Waals surface area contributed by atoms with E-state index in [2.05, 4.69) is 20.9 Å². The van der Waals surface area contributed by atoms with E-state index in [9.17, 15) is 0 Å². The van der Waals surface area contributed by atoms with Crippen LogP contribution in [0.4, 0.5) is 5.95 Å². The molecule has 72 valence electrons. The Kier molecular flexibility index (Phi) is 3.46. The molecule has 1 rings (SSSR count). The Balaban J connectivity index is 2.87. The third-order valence-electron chi connectivity index (χ3n) is 1.22. The van der Waals surface area contributed by atoms with Gasteiger partial charge in [-0.15, -0.1) is 5.10 Å². The summed E-state index contributed by atoms with van der Waals surface area (Å²) < 4.78 is 1.36. The van der Waals surface area contributed by atoms with Crippen molar-refractivity contribution in [2.45, 2.75) is 5.16 Å². The molecule has 13 heavy (non-hydrogen) atoms. The molecular weight excluding hydrogens is 208 g/mol. The number of hydrazine groups is 1.